The van der Waals surface area contributed by atoms with Gasteiger partial charge in [-0.25, -0.2) is 4.98 Å². The summed E-state index contributed by atoms with van der Waals surface area (Å²) in [6.45, 7) is 7.05. The molecule has 4 aliphatic rings. The lowest BCUT2D eigenvalue weighted by Crippen LogP contribution is -2.61. The van der Waals surface area contributed by atoms with Gasteiger partial charge in [-0.15, -0.1) is 0 Å². The van der Waals surface area contributed by atoms with Crippen LogP contribution >= 0.6 is 0 Å². The normalized spacial score (nSPS) is 44.0. The summed E-state index contributed by atoms with van der Waals surface area (Å²) in [6, 6.07) is 0. The summed E-state index contributed by atoms with van der Waals surface area (Å²) in [7, 11) is 0. The zero-order valence-corrected chi connectivity index (χ0v) is 13.4. The first-order chi connectivity index (χ1) is 9.79. The maximum absolute atomic E-state index is 5.78. The van der Waals surface area contributed by atoms with E-state index < -0.39 is 0 Å². The first-order valence-electron chi connectivity index (χ1n) is 8.16. The molecule has 0 aromatic carbocycles. The third kappa shape index (κ3) is 2.11. The van der Waals surface area contributed by atoms with Crippen LogP contribution in [0.4, 0.5) is 11.8 Å². The Balaban J connectivity index is 1.70. The molecule has 21 heavy (non-hydrogen) atoms. The number of anilines is 2. The van der Waals surface area contributed by atoms with Crippen molar-refractivity contribution in [1.29, 1.82) is 0 Å². The molecule has 4 fully saturated rings. The fraction of sp³-hybridized carbons (Fsp3) is 0.765. The van der Waals surface area contributed by atoms with Crippen LogP contribution < -0.4 is 11.1 Å². The Kier molecular flexibility index (Phi) is 2.48. The monoisotopic (exact) mass is 286 g/mol. The zero-order valence-electron chi connectivity index (χ0n) is 13.4. The van der Waals surface area contributed by atoms with Gasteiger partial charge in [0.1, 0.15) is 5.82 Å². The van der Waals surface area contributed by atoms with Crippen molar-refractivity contribution in [3.63, 3.8) is 0 Å². The Morgan fingerprint density at radius 3 is 2.43 bits per heavy atom. The lowest BCUT2D eigenvalue weighted by atomic mass is 9.43. The second-order valence-electron chi connectivity index (χ2n) is 8.80. The topological polar surface area (TPSA) is 63.8 Å². The van der Waals surface area contributed by atoms with Gasteiger partial charge in [0.15, 0.2) is 0 Å². The maximum atomic E-state index is 5.78. The third-order valence-corrected chi connectivity index (χ3v) is 6.00. The Morgan fingerprint density at radius 1 is 1.14 bits per heavy atom. The highest BCUT2D eigenvalue weighted by molar-refractivity contribution is 5.48. The average molecular weight is 286 g/mol. The predicted molar refractivity (Wildman–Crippen MR) is 84.9 cm³/mol. The SMILES string of the molecule is Cc1cnc(N)nc1NC12CC3CC(C)(CC(C)(C3)C1)C2. The molecule has 0 amide bonds. The van der Waals surface area contributed by atoms with Crippen molar-refractivity contribution in [2.24, 2.45) is 16.7 Å². The van der Waals surface area contributed by atoms with Crippen LogP contribution in [-0.2, 0) is 0 Å². The molecule has 0 aliphatic heterocycles. The molecule has 3 N–H and O–H groups in total. The molecule has 114 valence electrons. The van der Waals surface area contributed by atoms with Gasteiger partial charge in [0.25, 0.3) is 0 Å². The van der Waals surface area contributed by atoms with E-state index >= 15 is 0 Å². The van der Waals surface area contributed by atoms with Crippen LogP contribution in [0.5, 0.6) is 0 Å². The van der Waals surface area contributed by atoms with Gasteiger partial charge < -0.3 is 11.1 Å². The summed E-state index contributed by atoms with van der Waals surface area (Å²) in [4.78, 5) is 8.54. The number of nitrogen functional groups attached to an aromatic ring is 1. The number of hydrogen-bond acceptors (Lipinski definition) is 4. The van der Waals surface area contributed by atoms with Gasteiger partial charge in [0.2, 0.25) is 5.95 Å². The summed E-state index contributed by atoms with van der Waals surface area (Å²) >= 11 is 0. The number of nitrogens with one attached hydrogen (secondary N) is 1. The molecule has 1 heterocycles. The highest BCUT2D eigenvalue weighted by atomic mass is 15.1. The molecule has 4 bridgehead atoms. The Bertz CT molecular complexity index is 578. The minimum atomic E-state index is 0.217. The van der Waals surface area contributed by atoms with Crippen LogP contribution in [0.1, 0.15) is 57.9 Å². The molecule has 5 rings (SSSR count). The molecule has 0 spiro atoms. The average Bonchev–Trinajstić information content (AvgIpc) is 2.28. The van der Waals surface area contributed by atoms with Crippen molar-refractivity contribution in [2.45, 2.75) is 64.8 Å². The fourth-order valence-electron chi connectivity index (χ4n) is 6.42. The molecule has 1 aromatic heterocycles. The number of nitrogens with two attached hydrogens (primary N) is 1. The van der Waals surface area contributed by atoms with E-state index in [2.05, 4.69) is 36.1 Å². The van der Waals surface area contributed by atoms with Crippen molar-refractivity contribution in [1.82, 2.24) is 9.97 Å². The van der Waals surface area contributed by atoms with Crippen LogP contribution in [0.3, 0.4) is 0 Å². The van der Waals surface area contributed by atoms with E-state index in [1.807, 2.05) is 6.20 Å². The van der Waals surface area contributed by atoms with Crippen LogP contribution in [0.25, 0.3) is 0 Å². The minimum Gasteiger partial charge on any atom is -0.368 e. The summed E-state index contributed by atoms with van der Waals surface area (Å²) in [5.74, 6) is 2.19. The van der Waals surface area contributed by atoms with E-state index in [0.717, 1.165) is 17.3 Å². The molecule has 0 radical (unpaired) electrons. The Hall–Kier alpha value is -1.32. The highest BCUT2D eigenvalue weighted by Gasteiger charge is 2.60. The van der Waals surface area contributed by atoms with Gasteiger partial charge in [-0.2, -0.15) is 4.98 Å². The van der Waals surface area contributed by atoms with E-state index in [0.29, 0.717) is 16.8 Å². The van der Waals surface area contributed by atoms with Crippen LogP contribution in [0, 0.1) is 23.7 Å². The molecule has 4 nitrogen and oxygen atoms in total. The van der Waals surface area contributed by atoms with Crippen molar-refractivity contribution in [3.05, 3.63) is 11.8 Å². The Labute approximate surface area is 126 Å². The van der Waals surface area contributed by atoms with Crippen molar-refractivity contribution in [2.75, 3.05) is 11.1 Å². The van der Waals surface area contributed by atoms with Gasteiger partial charge in [0.05, 0.1) is 0 Å². The second kappa shape index (κ2) is 3.90. The molecule has 4 heteroatoms. The number of aromatic nitrogens is 2. The largest absolute Gasteiger partial charge is 0.368 e. The maximum Gasteiger partial charge on any atom is 0.221 e. The van der Waals surface area contributed by atoms with Crippen molar-refractivity contribution >= 4 is 11.8 Å². The number of hydrogen-bond donors (Lipinski definition) is 2. The van der Waals surface area contributed by atoms with E-state index in [1.54, 1.807) is 0 Å². The second-order valence-corrected chi connectivity index (χ2v) is 8.80. The summed E-state index contributed by atoms with van der Waals surface area (Å²) in [5.41, 5.74) is 8.11. The fourth-order valence-corrected chi connectivity index (χ4v) is 6.42. The number of rotatable bonds is 2. The van der Waals surface area contributed by atoms with Gasteiger partial charge in [-0.05, 0) is 62.2 Å². The van der Waals surface area contributed by atoms with Gasteiger partial charge >= 0.3 is 0 Å². The van der Waals surface area contributed by atoms with Crippen molar-refractivity contribution < 1.29 is 0 Å². The van der Waals surface area contributed by atoms with E-state index in [1.165, 1.54) is 38.5 Å². The summed E-state index contributed by atoms with van der Waals surface area (Å²) in [6.07, 6.45) is 9.89. The first-order valence-corrected chi connectivity index (χ1v) is 8.16. The molecule has 4 aliphatic carbocycles. The molecule has 2 atom stereocenters. The smallest absolute Gasteiger partial charge is 0.221 e. The van der Waals surface area contributed by atoms with Crippen LogP contribution in [0.2, 0.25) is 0 Å². The Morgan fingerprint density at radius 2 is 1.81 bits per heavy atom. The van der Waals surface area contributed by atoms with E-state index in [9.17, 15) is 0 Å². The van der Waals surface area contributed by atoms with Gasteiger partial charge in [0, 0.05) is 17.3 Å². The van der Waals surface area contributed by atoms with E-state index in [-0.39, 0.29) is 5.54 Å². The lowest BCUT2D eigenvalue weighted by Gasteiger charge is -2.65. The van der Waals surface area contributed by atoms with Crippen LogP contribution in [-0.4, -0.2) is 15.5 Å². The quantitative estimate of drug-likeness (QED) is 0.873. The van der Waals surface area contributed by atoms with Gasteiger partial charge in [-0.1, -0.05) is 13.8 Å². The van der Waals surface area contributed by atoms with Crippen LogP contribution in [0.15, 0.2) is 6.20 Å². The molecular formula is C17H26N4. The summed E-state index contributed by atoms with van der Waals surface area (Å²) < 4.78 is 0. The van der Waals surface area contributed by atoms with E-state index in [4.69, 9.17) is 5.73 Å². The van der Waals surface area contributed by atoms with Gasteiger partial charge in [-0.3, -0.25) is 0 Å². The highest BCUT2D eigenvalue weighted by Crippen LogP contribution is 2.66. The lowest BCUT2D eigenvalue weighted by molar-refractivity contribution is -0.0974. The zero-order chi connectivity index (χ0) is 14.9. The molecule has 4 saturated carbocycles. The molecular weight excluding hydrogens is 260 g/mol. The molecule has 2 unspecified atom stereocenters. The summed E-state index contributed by atoms with van der Waals surface area (Å²) in [5, 5.41) is 3.81. The molecule has 1 aromatic rings. The molecule has 0 saturated heterocycles. The van der Waals surface area contributed by atoms with Crippen molar-refractivity contribution in [3.8, 4) is 0 Å². The third-order valence-electron chi connectivity index (χ3n) is 6.00. The first kappa shape index (κ1) is 13.4. The standard InChI is InChI=1S/C17H26N4/c1-11-7-19-14(18)20-13(11)21-17-6-12-4-15(2,9-17)8-16(3,5-12)10-17/h7,12H,4-6,8-10H2,1-3H3,(H3,18,19,20,21). The predicted octanol–water partition coefficient (Wildman–Crippen LogP) is 3.53. The minimum absolute atomic E-state index is 0.217. The number of aryl methyl sites for hydroxylation is 1. The number of nitrogens with zero attached hydrogens (tertiary/aromatic N) is 2.